The number of hydrogen-bond donors (Lipinski definition) is 0. The number of halogens is 1. The van der Waals surface area contributed by atoms with Gasteiger partial charge in [0.25, 0.3) is 0 Å². The van der Waals surface area contributed by atoms with Crippen molar-refractivity contribution in [3.8, 4) is 5.75 Å². The first kappa shape index (κ1) is 10.4. The normalized spacial score (nSPS) is 12.5. The molecule has 0 aromatic heterocycles. The lowest BCUT2D eigenvalue weighted by molar-refractivity contribution is 0.243. The minimum Gasteiger partial charge on any atom is -0.489 e. The number of rotatable bonds is 4. The lowest BCUT2D eigenvalue weighted by atomic mass is 10.1. The fourth-order valence-electron chi connectivity index (χ4n) is 1.16. The standard InChI is InChI=1S/C11H15ClO/c1-3-10-6-4-5-7-11(10)13-9(2)8-12/h4-7,9H,3,8H2,1-2H3. The number of benzene rings is 1. The second-order valence-corrected chi connectivity index (χ2v) is 3.35. The molecule has 0 amide bonds. The summed E-state index contributed by atoms with van der Waals surface area (Å²) in [6, 6.07) is 8.07. The second-order valence-electron chi connectivity index (χ2n) is 3.04. The van der Waals surface area contributed by atoms with E-state index in [4.69, 9.17) is 16.3 Å². The van der Waals surface area contributed by atoms with E-state index in [-0.39, 0.29) is 6.10 Å². The van der Waals surface area contributed by atoms with E-state index in [1.807, 2.05) is 25.1 Å². The smallest absolute Gasteiger partial charge is 0.122 e. The van der Waals surface area contributed by atoms with Crippen molar-refractivity contribution in [2.75, 3.05) is 5.88 Å². The Hall–Kier alpha value is -0.690. The van der Waals surface area contributed by atoms with Crippen LogP contribution in [0, 0.1) is 0 Å². The van der Waals surface area contributed by atoms with Gasteiger partial charge in [-0.25, -0.2) is 0 Å². The molecule has 0 saturated carbocycles. The van der Waals surface area contributed by atoms with Crippen LogP contribution in [0.4, 0.5) is 0 Å². The summed E-state index contributed by atoms with van der Waals surface area (Å²) in [5, 5.41) is 0. The molecule has 0 bridgehead atoms. The van der Waals surface area contributed by atoms with E-state index in [1.165, 1.54) is 5.56 Å². The highest BCUT2D eigenvalue weighted by atomic mass is 35.5. The second kappa shape index (κ2) is 5.13. The van der Waals surface area contributed by atoms with Crippen molar-refractivity contribution < 1.29 is 4.74 Å². The zero-order chi connectivity index (χ0) is 9.68. The van der Waals surface area contributed by atoms with Crippen molar-refractivity contribution in [1.29, 1.82) is 0 Å². The average molecular weight is 199 g/mol. The van der Waals surface area contributed by atoms with Gasteiger partial charge in [-0.1, -0.05) is 25.1 Å². The topological polar surface area (TPSA) is 9.23 Å². The molecule has 0 N–H and O–H groups in total. The summed E-state index contributed by atoms with van der Waals surface area (Å²) in [7, 11) is 0. The first-order valence-corrected chi connectivity index (χ1v) is 5.12. The van der Waals surface area contributed by atoms with Crippen LogP contribution >= 0.6 is 11.6 Å². The summed E-state index contributed by atoms with van der Waals surface area (Å²) in [6.45, 7) is 4.09. The van der Waals surface area contributed by atoms with Crippen LogP contribution in [-0.2, 0) is 6.42 Å². The Balaban J connectivity index is 2.74. The molecule has 0 aliphatic heterocycles. The molecule has 2 heteroatoms. The van der Waals surface area contributed by atoms with Gasteiger partial charge in [0, 0.05) is 0 Å². The molecule has 13 heavy (non-hydrogen) atoms. The largest absolute Gasteiger partial charge is 0.489 e. The summed E-state index contributed by atoms with van der Waals surface area (Å²) in [4.78, 5) is 0. The van der Waals surface area contributed by atoms with Crippen molar-refractivity contribution in [2.24, 2.45) is 0 Å². The highest BCUT2D eigenvalue weighted by Gasteiger charge is 2.04. The highest BCUT2D eigenvalue weighted by molar-refractivity contribution is 6.18. The van der Waals surface area contributed by atoms with E-state index in [1.54, 1.807) is 0 Å². The lowest BCUT2D eigenvalue weighted by Gasteiger charge is -2.14. The summed E-state index contributed by atoms with van der Waals surface area (Å²) >= 11 is 5.67. The number of para-hydroxylation sites is 1. The Bertz CT molecular complexity index is 260. The SMILES string of the molecule is CCc1ccccc1OC(C)CCl. The van der Waals surface area contributed by atoms with Crippen LogP contribution in [0.5, 0.6) is 5.75 Å². The van der Waals surface area contributed by atoms with Crippen LogP contribution in [0.15, 0.2) is 24.3 Å². The number of alkyl halides is 1. The van der Waals surface area contributed by atoms with Crippen LogP contribution in [0.25, 0.3) is 0 Å². The molecule has 72 valence electrons. The van der Waals surface area contributed by atoms with Gasteiger partial charge in [0.05, 0.1) is 5.88 Å². The predicted octanol–water partition coefficient (Wildman–Crippen LogP) is 3.26. The third-order valence-corrected chi connectivity index (χ3v) is 2.33. The van der Waals surface area contributed by atoms with E-state index < -0.39 is 0 Å². The Morgan fingerprint density at radius 1 is 1.38 bits per heavy atom. The maximum absolute atomic E-state index is 5.67. The molecule has 0 aliphatic rings. The van der Waals surface area contributed by atoms with Crippen LogP contribution in [0.3, 0.4) is 0 Å². The van der Waals surface area contributed by atoms with Crippen LogP contribution in [0.2, 0.25) is 0 Å². The predicted molar refractivity (Wildman–Crippen MR) is 56.6 cm³/mol. The van der Waals surface area contributed by atoms with E-state index in [9.17, 15) is 0 Å². The van der Waals surface area contributed by atoms with E-state index >= 15 is 0 Å². The van der Waals surface area contributed by atoms with Gasteiger partial charge in [-0.3, -0.25) is 0 Å². The molecular formula is C11H15ClO. The van der Waals surface area contributed by atoms with Crippen LogP contribution < -0.4 is 4.74 Å². The van der Waals surface area contributed by atoms with Crippen LogP contribution in [-0.4, -0.2) is 12.0 Å². The summed E-state index contributed by atoms with van der Waals surface area (Å²) < 4.78 is 5.65. The summed E-state index contributed by atoms with van der Waals surface area (Å²) in [5.41, 5.74) is 1.24. The highest BCUT2D eigenvalue weighted by Crippen LogP contribution is 2.19. The third-order valence-electron chi connectivity index (χ3n) is 1.90. The van der Waals surface area contributed by atoms with E-state index in [0.29, 0.717) is 5.88 Å². The van der Waals surface area contributed by atoms with Gasteiger partial charge in [-0.15, -0.1) is 11.6 Å². The average Bonchev–Trinajstić information content (AvgIpc) is 2.18. The van der Waals surface area contributed by atoms with Crippen molar-refractivity contribution in [3.05, 3.63) is 29.8 Å². The quantitative estimate of drug-likeness (QED) is 0.675. The Morgan fingerprint density at radius 2 is 2.08 bits per heavy atom. The molecule has 1 atom stereocenters. The first-order valence-electron chi connectivity index (χ1n) is 4.58. The molecule has 0 heterocycles. The molecule has 1 aromatic carbocycles. The third kappa shape index (κ3) is 2.92. The summed E-state index contributed by atoms with van der Waals surface area (Å²) in [5.74, 6) is 1.48. The number of aryl methyl sites for hydroxylation is 1. The molecule has 0 radical (unpaired) electrons. The fraction of sp³-hybridized carbons (Fsp3) is 0.455. The lowest BCUT2D eigenvalue weighted by Crippen LogP contribution is -2.14. The first-order chi connectivity index (χ1) is 6.27. The molecule has 1 aromatic rings. The van der Waals surface area contributed by atoms with Crippen molar-refractivity contribution in [1.82, 2.24) is 0 Å². The summed E-state index contributed by atoms with van der Waals surface area (Å²) in [6.07, 6.45) is 1.07. The molecule has 1 unspecified atom stereocenters. The van der Waals surface area contributed by atoms with E-state index in [0.717, 1.165) is 12.2 Å². The number of ether oxygens (including phenoxy) is 1. The van der Waals surface area contributed by atoms with Gasteiger partial charge in [-0.2, -0.15) is 0 Å². The molecule has 0 saturated heterocycles. The molecular weight excluding hydrogens is 184 g/mol. The van der Waals surface area contributed by atoms with Gasteiger partial charge in [-0.05, 0) is 25.0 Å². The van der Waals surface area contributed by atoms with E-state index in [2.05, 4.69) is 13.0 Å². The fourth-order valence-corrected chi connectivity index (χ4v) is 1.22. The Labute approximate surface area is 84.7 Å². The Kier molecular flexibility index (Phi) is 4.10. The molecule has 1 rings (SSSR count). The molecule has 0 spiro atoms. The number of hydrogen-bond acceptors (Lipinski definition) is 1. The minimum atomic E-state index is 0.0781. The molecule has 0 fully saturated rings. The van der Waals surface area contributed by atoms with Crippen molar-refractivity contribution in [3.63, 3.8) is 0 Å². The maximum Gasteiger partial charge on any atom is 0.122 e. The van der Waals surface area contributed by atoms with Gasteiger partial charge in [0.1, 0.15) is 11.9 Å². The van der Waals surface area contributed by atoms with Gasteiger partial charge in [0.15, 0.2) is 0 Å². The van der Waals surface area contributed by atoms with Gasteiger partial charge in [0.2, 0.25) is 0 Å². The zero-order valence-electron chi connectivity index (χ0n) is 8.09. The van der Waals surface area contributed by atoms with Crippen molar-refractivity contribution in [2.45, 2.75) is 26.4 Å². The minimum absolute atomic E-state index is 0.0781. The monoisotopic (exact) mass is 198 g/mol. The molecule has 0 aliphatic carbocycles. The molecule has 1 nitrogen and oxygen atoms in total. The van der Waals surface area contributed by atoms with Crippen molar-refractivity contribution >= 4 is 11.6 Å². The van der Waals surface area contributed by atoms with Gasteiger partial charge < -0.3 is 4.74 Å². The Morgan fingerprint density at radius 3 is 2.69 bits per heavy atom. The van der Waals surface area contributed by atoms with Crippen LogP contribution in [0.1, 0.15) is 19.4 Å². The zero-order valence-corrected chi connectivity index (χ0v) is 8.84. The van der Waals surface area contributed by atoms with Gasteiger partial charge >= 0.3 is 0 Å². The maximum atomic E-state index is 5.67.